The predicted molar refractivity (Wildman–Crippen MR) is 61.2 cm³/mol. The first-order chi connectivity index (χ1) is 7.61. The van der Waals surface area contributed by atoms with Gasteiger partial charge in [0.1, 0.15) is 0 Å². The molecule has 4 heteroatoms. The molecule has 0 aliphatic heterocycles. The number of carbonyl (C=O) groups excluding carboxylic acids is 1. The van der Waals surface area contributed by atoms with Gasteiger partial charge in [0.2, 0.25) is 5.91 Å². The molecule has 0 fully saturated rings. The maximum Gasteiger partial charge on any atom is 0.303 e. The number of aliphatic carboxylic acids is 1. The number of carbonyl (C=O) groups is 2. The minimum absolute atomic E-state index is 0.0822. The molecule has 0 saturated carbocycles. The van der Waals surface area contributed by atoms with Gasteiger partial charge in [-0.1, -0.05) is 18.7 Å². The summed E-state index contributed by atoms with van der Waals surface area (Å²) in [5.74, 6) is -1.11. The van der Waals surface area contributed by atoms with E-state index < -0.39 is 5.97 Å². The van der Waals surface area contributed by atoms with Gasteiger partial charge in [0.25, 0.3) is 0 Å². The van der Waals surface area contributed by atoms with Gasteiger partial charge in [0, 0.05) is 12.1 Å². The summed E-state index contributed by atoms with van der Waals surface area (Å²) >= 11 is 0. The minimum atomic E-state index is -0.833. The van der Waals surface area contributed by atoms with Crippen LogP contribution < -0.4 is 5.32 Å². The van der Waals surface area contributed by atoms with Gasteiger partial charge in [0.05, 0.1) is 0 Å². The Morgan fingerprint density at radius 3 is 2.81 bits per heavy atom. The van der Waals surface area contributed by atoms with Crippen molar-refractivity contribution >= 4 is 17.6 Å². The highest BCUT2D eigenvalue weighted by Crippen LogP contribution is 2.12. The number of hydrogen-bond donors (Lipinski definition) is 2. The third-order valence-corrected chi connectivity index (χ3v) is 2.01. The lowest BCUT2D eigenvalue weighted by Gasteiger charge is -2.04. The van der Waals surface area contributed by atoms with E-state index in [1.807, 2.05) is 6.07 Å². The normalized spacial score (nSPS) is 9.50. The van der Waals surface area contributed by atoms with E-state index in [1.54, 1.807) is 18.2 Å². The van der Waals surface area contributed by atoms with Gasteiger partial charge < -0.3 is 10.4 Å². The fraction of sp³-hybridized carbons (Fsp3) is 0.167. The van der Waals surface area contributed by atoms with E-state index in [4.69, 9.17) is 5.11 Å². The van der Waals surface area contributed by atoms with Crippen molar-refractivity contribution in [2.24, 2.45) is 0 Å². The van der Waals surface area contributed by atoms with E-state index >= 15 is 0 Å². The zero-order valence-electron chi connectivity index (χ0n) is 8.77. The number of carboxylic acids is 1. The van der Waals surface area contributed by atoms with Gasteiger partial charge in [0.15, 0.2) is 0 Å². The van der Waals surface area contributed by atoms with Crippen LogP contribution in [0.5, 0.6) is 0 Å². The molecule has 0 heterocycles. The fourth-order valence-corrected chi connectivity index (χ4v) is 1.25. The van der Waals surface area contributed by atoms with Crippen LogP contribution in [-0.4, -0.2) is 17.0 Å². The molecular weight excluding hydrogens is 206 g/mol. The van der Waals surface area contributed by atoms with E-state index in [0.29, 0.717) is 12.1 Å². The predicted octanol–water partition coefficient (Wildman–Crippen LogP) is 1.83. The Hall–Kier alpha value is -2.10. The standard InChI is InChI=1S/C12H13NO3/c1-2-11(14)13-10-5-3-4-9(8-10)6-7-12(15)16/h2-5,8H,1,6-7H2,(H,13,14)(H,15,16). The molecule has 1 aromatic rings. The smallest absolute Gasteiger partial charge is 0.303 e. The second-order valence-electron chi connectivity index (χ2n) is 3.29. The van der Waals surface area contributed by atoms with Crippen LogP contribution in [-0.2, 0) is 16.0 Å². The van der Waals surface area contributed by atoms with Crippen molar-refractivity contribution in [1.82, 2.24) is 0 Å². The Balaban J connectivity index is 2.67. The molecule has 1 aromatic carbocycles. The van der Waals surface area contributed by atoms with Crippen LogP contribution in [0.15, 0.2) is 36.9 Å². The highest BCUT2D eigenvalue weighted by atomic mass is 16.4. The average molecular weight is 219 g/mol. The van der Waals surface area contributed by atoms with Gasteiger partial charge in [-0.3, -0.25) is 9.59 Å². The molecule has 0 radical (unpaired) electrons. The second kappa shape index (κ2) is 5.70. The number of rotatable bonds is 5. The van der Waals surface area contributed by atoms with Gasteiger partial charge in [-0.2, -0.15) is 0 Å². The Morgan fingerprint density at radius 2 is 2.19 bits per heavy atom. The van der Waals surface area contributed by atoms with Crippen molar-refractivity contribution in [1.29, 1.82) is 0 Å². The molecule has 0 saturated heterocycles. The zero-order chi connectivity index (χ0) is 12.0. The van der Waals surface area contributed by atoms with Crippen molar-refractivity contribution in [3.63, 3.8) is 0 Å². The van der Waals surface area contributed by atoms with Crippen LogP contribution in [0.4, 0.5) is 5.69 Å². The summed E-state index contributed by atoms with van der Waals surface area (Å²) in [4.78, 5) is 21.4. The maximum atomic E-state index is 11.0. The van der Waals surface area contributed by atoms with E-state index in [0.717, 1.165) is 5.56 Å². The Bertz CT molecular complexity index is 412. The Kier molecular flexibility index (Phi) is 4.27. The molecular formula is C12H13NO3. The molecule has 0 aromatic heterocycles. The molecule has 0 bridgehead atoms. The molecule has 0 aliphatic carbocycles. The maximum absolute atomic E-state index is 11.0. The quantitative estimate of drug-likeness (QED) is 0.742. The largest absolute Gasteiger partial charge is 0.481 e. The summed E-state index contributed by atoms with van der Waals surface area (Å²) in [6.07, 6.45) is 1.72. The van der Waals surface area contributed by atoms with E-state index in [-0.39, 0.29) is 12.3 Å². The number of amides is 1. The zero-order valence-corrected chi connectivity index (χ0v) is 8.77. The third kappa shape index (κ3) is 3.96. The molecule has 4 nitrogen and oxygen atoms in total. The first kappa shape index (κ1) is 12.0. The first-order valence-electron chi connectivity index (χ1n) is 4.86. The van der Waals surface area contributed by atoms with Crippen molar-refractivity contribution in [3.8, 4) is 0 Å². The van der Waals surface area contributed by atoms with E-state index in [9.17, 15) is 9.59 Å². The topological polar surface area (TPSA) is 66.4 Å². The average Bonchev–Trinajstić information content (AvgIpc) is 2.26. The molecule has 0 atom stereocenters. The SMILES string of the molecule is C=CC(=O)Nc1cccc(CCC(=O)O)c1. The number of hydrogen-bond acceptors (Lipinski definition) is 2. The molecule has 0 spiro atoms. The number of anilines is 1. The van der Waals surface area contributed by atoms with Crippen LogP contribution in [0.2, 0.25) is 0 Å². The van der Waals surface area contributed by atoms with Gasteiger partial charge in [-0.25, -0.2) is 0 Å². The van der Waals surface area contributed by atoms with Crippen LogP contribution >= 0.6 is 0 Å². The number of carboxylic acid groups (broad SMARTS) is 1. The van der Waals surface area contributed by atoms with E-state index in [2.05, 4.69) is 11.9 Å². The number of benzene rings is 1. The summed E-state index contributed by atoms with van der Waals surface area (Å²) in [6, 6.07) is 7.10. The summed E-state index contributed by atoms with van der Waals surface area (Å²) in [5.41, 5.74) is 1.53. The number of aryl methyl sites for hydroxylation is 1. The first-order valence-corrected chi connectivity index (χ1v) is 4.86. The summed E-state index contributed by atoms with van der Waals surface area (Å²) in [7, 11) is 0. The van der Waals surface area contributed by atoms with Crippen molar-refractivity contribution < 1.29 is 14.7 Å². The molecule has 2 N–H and O–H groups in total. The van der Waals surface area contributed by atoms with Crippen molar-refractivity contribution in [2.75, 3.05) is 5.32 Å². The molecule has 1 rings (SSSR count). The molecule has 0 unspecified atom stereocenters. The van der Waals surface area contributed by atoms with Crippen molar-refractivity contribution in [3.05, 3.63) is 42.5 Å². The molecule has 1 amide bonds. The second-order valence-corrected chi connectivity index (χ2v) is 3.29. The van der Waals surface area contributed by atoms with E-state index in [1.165, 1.54) is 6.08 Å². The van der Waals surface area contributed by atoms with Crippen LogP contribution in [0.25, 0.3) is 0 Å². The lowest BCUT2D eigenvalue weighted by molar-refractivity contribution is -0.137. The summed E-state index contributed by atoms with van der Waals surface area (Å²) in [5, 5.41) is 11.2. The lowest BCUT2D eigenvalue weighted by Crippen LogP contribution is -2.07. The Morgan fingerprint density at radius 1 is 1.44 bits per heavy atom. The fourth-order valence-electron chi connectivity index (χ4n) is 1.25. The Labute approximate surface area is 93.6 Å². The van der Waals surface area contributed by atoms with Gasteiger partial charge in [-0.15, -0.1) is 0 Å². The van der Waals surface area contributed by atoms with Gasteiger partial charge in [-0.05, 0) is 30.2 Å². The van der Waals surface area contributed by atoms with Crippen LogP contribution in [0, 0.1) is 0 Å². The van der Waals surface area contributed by atoms with Crippen LogP contribution in [0.1, 0.15) is 12.0 Å². The third-order valence-electron chi connectivity index (χ3n) is 2.01. The molecule has 0 aliphatic rings. The van der Waals surface area contributed by atoms with Gasteiger partial charge >= 0.3 is 5.97 Å². The highest BCUT2D eigenvalue weighted by molar-refractivity contribution is 5.98. The van der Waals surface area contributed by atoms with Crippen LogP contribution in [0.3, 0.4) is 0 Å². The molecule has 16 heavy (non-hydrogen) atoms. The monoisotopic (exact) mass is 219 g/mol. The minimum Gasteiger partial charge on any atom is -0.481 e. The lowest BCUT2D eigenvalue weighted by atomic mass is 10.1. The number of nitrogens with one attached hydrogen (secondary N) is 1. The highest BCUT2D eigenvalue weighted by Gasteiger charge is 2.01. The summed E-state index contributed by atoms with van der Waals surface area (Å²) in [6.45, 7) is 3.35. The molecule has 84 valence electrons. The summed E-state index contributed by atoms with van der Waals surface area (Å²) < 4.78 is 0. The van der Waals surface area contributed by atoms with Crippen molar-refractivity contribution in [2.45, 2.75) is 12.8 Å².